The highest BCUT2D eigenvalue weighted by molar-refractivity contribution is 5.76. The molecule has 1 N–H and O–H groups in total. The lowest BCUT2D eigenvalue weighted by Gasteiger charge is -2.11. The number of carboxylic acid groups (broad SMARTS) is 1. The number of pyridine rings is 1. The number of halogens is 4. The predicted octanol–water partition coefficient (Wildman–Crippen LogP) is 3.53. The van der Waals surface area contributed by atoms with Crippen molar-refractivity contribution in [1.29, 1.82) is 0 Å². The lowest BCUT2D eigenvalue weighted by atomic mass is 9.98. The van der Waals surface area contributed by atoms with Crippen LogP contribution >= 0.6 is 0 Å². The molecule has 110 valence electrons. The highest BCUT2D eigenvalue weighted by Gasteiger charge is 2.31. The maximum Gasteiger partial charge on any atom is 0.416 e. The Morgan fingerprint density at radius 2 is 1.95 bits per heavy atom. The van der Waals surface area contributed by atoms with Gasteiger partial charge >= 0.3 is 12.1 Å². The van der Waals surface area contributed by atoms with Crippen LogP contribution in [0.15, 0.2) is 36.5 Å². The number of alkyl halides is 3. The minimum absolute atomic E-state index is 0.0633. The molecule has 2 aromatic rings. The lowest BCUT2D eigenvalue weighted by Crippen LogP contribution is -2.07. The van der Waals surface area contributed by atoms with E-state index < -0.39 is 30.1 Å². The van der Waals surface area contributed by atoms with Gasteiger partial charge in [0.05, 0.1) is 12.0 Å². The first kappa shape index (κ1) is 15.0. The van der Waals surface area contributed by atoms with Gasteiger partial charge in [0.2, 0.25) is 5.95 Å². The van der Waals surface area contributed by atoms with Crippen molar-refractivity contribution in [2.75, 3.05) is 0 Å². The number of rotatable bonds is 3. The van der Waals surface area contributed by atoms with Gasteiger partial charge in [-0.05, 0) is 29.3 Å². The van der Waals surface area contributed by atoms with Crippen LogP contribution in [0.3, 0.4) is 0 Å². The molecule has 1 heterocycles. The van der Waals surface area contributed by atoms with Crippen LogP contribution in [0.5, 0.6) is 0 Å². The number of aliphatic carboxylic acids is 1. The molecule has 0 aliphatic rings. The molecule has 1 aromatic carbocycles. The third-order valence-electron chi connectivity index (χ3n) is 2.81. The SMILES string of the molecule is O=C(O)Cc1ccnc(F)c1-c1cccc(C(F)(F)F)c1. The smallest absolute Gasteiger partial charge is 0.416 e. The van der Waals surface area contributed by atoms with Crippen LogP contribution in [-0.2, 0) is 17.4 Å². The van der Waals surface area contributed by atoms with E-state index >= 15 is 0 Å². The Morgan fingerprint density at radius 3 is 2.57 bits per heavy atom. The van der Waals surface area contributed by atoms with Crippen LogP contribution in [0, 0.1) is 5.95 Å². The molecule has 0 saturated carbocycles. The van der Waals surface area contributed by atoms with Crippen molar-refractivity contribution in [3.05, 3.63) is 53.6 Å². The number of carboxylic acids is 1. The van der Waals surface area contributed by atoms with Crippen LogP contribution < -0.4 is 0 Å². The van der Waals surface area contributed by atoms with E-state index in [4.69, 9.17) is 5.11 Å². The maximum atomic E-state index is 13.8. The maximum absolute atomic E-state index is 13.8. The number of nitrogens with zero attached hydrogens (tertiary/aromatic N) is 1. The molecule has 7 heteroatoms. The standard InChI is InChI=1S/C14H9F4NO2/c15-13-12(9(4-5-19-13)7-11(20)21)8-2-1-3-10(6-8)14(16,17)18/h1-6H,7H2,(H,20,21). The third-order valence-corrected chi connectivity index (χ3v) is 2.81. The first-order valence-electron chi connectivity index (χ1n) is 5.82. The van der Waals surface area contributed by atoms with E-state index in [2.05, 4.69) is 4.98 Å². The van der Waals surface area contributed by atoms with E-state index in [0.717, 1.165) is 24.4 Å². The van der Waals surface area contributed by atoms with Gasteiger partial charge in [-0.1, -0.05) is 12.1 Å². The Kier molecular flexibility index (Phi) is 3.93. The van der Waals surface area contributed by atoms with Gasteiger partial charge in [0.1, 0.15) is 0 Å². The van der Waals surface area contributed by atoms with Crippen molar-refractivity contribution in [2.45, 2.75) is 12.6 Å². The Hall–Kier alpha value is -2.44. The molecular formula is C14H9F4NO2. The van der Waals surface area contributed by atoms with Crippen molar-refractivity contribution in [3.63, 3.8) is 0 Å². The topological polar surface area (TPSA) is 50.2 Å². The fourth-order valence-electron chi connectivity index (χ4n) is 1.94. The molecule has 2 rings (SSSR count). The molecule has 0 spiro atoms. The largest absolute Gasteiger partial charge is 0.481 e. The molecule has 0 unspecified atom stereocenters. The number of carbonyl (C=O) groups is 1. The molecule has 0 aliphatic heterocycles. The van der Waals surface area contributed by atoms with Gasteiger partial charge in [-0.15, -0.1) is 0 Å². The molecule has 0 fully saturated rings. The van der Waals surface area contributed by atoms with Crippen molar-refractivity contribution in [1.82, 2.24) is 4.98 Å². The molecule has 0 saturated heterocycles. The first-order valence-corrected chi connectivity index (χ1v) is 5.82. The van der Waals surface area contributed by atoms with Crippen LogP contribution in [0.1, 0.15) is 11.1 Å². The quantitative estimate of drug-likeness (QED) is 0.696. The van der Waals surface area contributed by atoms with E-state index in [1.165, 1.54) is 12.1 Å². The highest BCUT2D eigenvalue weighted by atomic mass is 19.4. The van der Waals surface area contributed by atoms with Crippen LogP contribution in [0.2, 0.25) is 0 Å². The summed E-state index contributed by atoms with van der Waals surface area (Å²) in [6.07, 6.45) is -4.00. The molecule has 0 amide bonds. The van der Waals surface area contributed by atoms with Crippen LogP contribution in [0.4, 0.5) is 17.6 Å². The molecule has 0 bridgehead atoms. The van der Waals surface area contributed by atoms with E-state index in [1.807, 2.05) is 0 Å². The van der Waals surface area contributed by atoms with E-state index in [1.54, 1.807) is 0 Å². The van der Waals surface area contributed by atoms with E-state index in [9.17, 15) is 22.4 Å². The number of benzene rings is 1. The van der Waals surface area contributed by atoms with Crippen LogP contribution in [-0.4, -0.2) is 16.1 Å². The summed E-state index contributed by atoms with van der Waals surface area (Å²) >= 11 is 0. The zero-order chi connectivity index (χ0) is 15.6. The first-order chi connectivity index (χ1) is 9.79. The summed E-state index contributed by atoms with van der Waals surface area (Å²) in [5.74, 6) is -2.22. The summed E-state index contributed by atoms with van der Waals surface area (Å²) in [6.45, 7) is 0. The molecule has 0 atom stereocenters. The minimum Gasteiger partial charge on any atom is -0.481 e. The van der Waals surface area contributed by atoms with Gasteiger partial charge in [0, 0.05) is 11.8 Å². The van der Waals surface area contributed by atoms with Crippen molar-refractivity contribution in [3.8, 4) is 11.1 Å². The monoisotopic (exact) mass is 299 g/mol. The predicted molar refractivity (Wildman–Crippen MR) is 66.0 cm³/mol. The summed E-state index contributed by atoms with van der Waals surface area (Å²) in [5.41, 5.74) is -1.17. The van der Waals surface area contributed by atoms with Gasteiger partial charge < -0.3 is 5.11 Å². The molecule has 3 nitrogen and oxygen atoms in total. The second kappa shape index (κ2) is 5.51. The van der Waals surface area contributed by atoms with Gasteiger partial charge in [0.15, 0.2) is 0 Å². The Morgan fingerprint density at radius 1 is 1.24 bits per heavy atom. The fraction of sp³-hybridized carbons (Fsp3) is 0.143. The third kappa shape index (κ3) is 3.36. The zero-order valence-electron chi connectivity index (χ0n) is 10.5. The van der Waals surface area contributed by atoms with E-state index in [-0.39, 0.29) is 16.7 Å². The van der Waals surface area contributed by atoms with Crippen LogP contribution in [0.25, 0.3) is 11.1 Å². The lowest BCUT2D eigenvalue weighted by molar-refractivity contribution is -0.138. The van der Waals surface area contributed by atoms with Gasteiger partial charge in [0.25, 0.3) is 0 Å². The summed E-state index contributed by atoms with van der Waals surface area (Å²) in [4.78, 5) is 14.1. The summed E-state index contributed by atoms with van der Waals surface area (Å²) < 4.78 is 51.9. The summed E-state index contributed by atoms with van der Waals surface area (Å²) in [7, 11) is 0. The summed E-state index contributed by atoms with van der Waals surface area (Å²) in [6, 6.07) is 5.31. The average molecular weight is 299 g/mol. The van der Waals surface area contributed by atoms with Crippen molar-refractivity contribution >= 4 is 5.97 Å². The average Bonchev–Trinajstić information content (AvgIpc) is 2.37. The van der Waals surface area contributed by atoms with Gasteiger partial charge in [-0.3, -0.25) is 4.79 Å². The van der Waals surface area contributed by atoms with Crippen molar-refractivity contribution < 1.29 is 27.5 Å². The molecule has 21 heavy (non-hydrogen) atoms. The fourth-order valence-corrected chi connectivity index (χ4v) is 1.94. The molecule has 0 radical (unpaired) electrons. The highest BCUT2D eigenvalue weighted by Crippen LogP contribution is 2.33. The second-order valence-electron chi connectivity index (χ2n) is 4.28. The summed E-state index contributed by atoms with van der Waals surface area (Å²) in [5, 5.41) is 8.79. The van der Waals surface area contributed by atoms with Gasteiger partial charge in [-0.25, -0.2) is 4.98 Å². The zero-order valence-corrected chi connectivity index (χ0v) is 10.5. The van der Waals surface area contributed by atoms with Gasteiger partial charge in [-0.2, -0.15) is 17.6 Å². The number of aromatic nitrogens is 1. The second-order valence-corrected chi connectivity index (χ2v) is 4.28. The molecule has 1 aromatic heterocycles. The van der Waals surface area contributed by atoms with E-state index in [0.29, 0.717) is 0 Å². The Balaban J connectivity index is 2.59. The molecule has 0 aliphatic carbocycles. The molecular weight excluding hydrogens is 290 g/mol. The van der Waals surface area contributed by atoms with Crippen molar-refractivity contribution in [2.24, 2.45) is 0 Å². The minimum atomic E-state index is -4.57. The number of hydrogen-bond donors (Lipinski definition) is 1. The normalized spacial score (nSPS) is 11.4. The Bertz CT molecular complexity index is 683. The number of hydrogen-bond acceptors (Lipinski definition) is 2. The Labute approximate surface area is 116 Å².